The summed E-state index contributed by atoms with van der Waals surface area (Å²) in [4.78, 5) is 25.1. The molecule has 0 unspecified atom stereocenters. The molecule has 5 heteroatoms. The molecular formula is C30H28N2O3. The molecule has 2 amide bonds. The number of hydrogen-bond donors (Lipinski definition) is 2. The second kappa shape index (κ2) is 11.7. The van der Waals surface area contributed by atoms with Crippen molar-refractivity contribution in [2.24, 2.45) is 0 Å². The molecular weight excluding hydrogens is 436 g/mol. The van der Waals surface area contributed by atoms with Gasteiger partial charge in [-0.15, -0.1) is 0 Å². The van der Waals surface area contributed by atoms with Crippen LogP contribution in [0.5, 0.6) is 5.75 Å². The first-order chi connectivity index (χ1) is 17.1. The van der Waals surface area contributed by atoms with Crippen LogP contribution in [0.15, 0.2) is 103 Å². The number of aryl methyl sites for hydroxylation is 1. The number of benzene rings is 4. The van der Waals surface area contributed by atoms with E-state index in [2.05, 4.69) is 10.6 Å². The van der Waals surface area contributed by atoms with Crippen LogP contribution in [0.4, 0.5) is 5.69 Å². The van der Waals surface area contributed by atoms with Crippen molar-refractivity contribution in [2.75, 3.05) is 12.4 Å². The summed E-state index contributed by atoms with van der Waals surface area (Å²) in [6.07, 6.45) is 1.10. The van der Waals surface area contributed by atoms with Gasteiger partial charge in [0.15, 0.2) is 0 Å². The number of amides is 2. The molecule has 0 spiro atoms. The molecule has 5 nitrogen and oxygen atoms in total. The van der Waals surface area contributed by atoms with Crippen molar-refractivity contribution in [3.05, 3.63) is 120 Å². The van der Waals surface area contributed by atoms with Gasteiger partial charge in [-0.1, -0.05) is 66.7 Å². The van der Waals surface area contributed by atoms with Gasteiger partial charge < -0.3 is 15.4 Å². The van der Waals surface area contributed by atoms with Crippen LogP contribution in [0, 0.1) is 0 Å². The minimum Gasteiger partial charge on any atom is -0.497 e. The van der Waals surface area contributed by atoms with E-state index in [4.69, 9.17) is 4.74 Å². The highest BCUT2D eigenvalue weighted by molar-refractivity contribution is 5.95. The molecule has 0 radical (unpaired) electrons. The molecule has 0 saturated heterocycles. The zero-order chi connectivity index (χ0) is 24.5. The van der Waals surface area contributed by atoms with Crippen LogP contribution in [-0.2, 0) is 17.8 Å². The summed E-state index contributed by atoms with van der Waals surface area (Å²) in [6.45, 7) is 0.360. The Balaban J connectivity index is 1.32. The van der Waals surface area contributed by atoms with Crippen LogP contribution in [0.25, 0.3) is 11.1 Å². The zero-order valence-corrected chi connectivity index (χ0v) is 19.7. The van der Waals surface area contributed by atoms with Crippen LogP contribution in [0.3, 0.4) is 0 Å². The third kappa shape index (κ3) is 6.81. The van der Waals surface area contributed by atoms with Gasteiger partial charge in [-0.2, -0.15) is 0 Å². The predicted molar refractivity (Wildman–Crippen MR) is 139 cm³/mol. The summed E-state index contributed by atoms with van der Waals surface area (Å²) < 4.78 is 5.21. The molecule has 4 rings (SSSR count). The van der Waals surface area contributed by atoms with E-state index in [0.29, 0.717) is 24.9 Å². The molecule has 0 aliphatic heterocycles. The minimum atomic E-state index is -0.155. The number of ether oxygens (including phenoxy) is 1. The summed E-state index contributed by atoms with van der Waals surface area (Å²) in [5, 5.41) is 5.91. The number of carbonyl (C=O) groups excluding carboxylic acids is 2. The molecule has 0 aromatic heterocycles. The Kier molecular flexibility index (Phi) is 7.92. The maximum atomic E-state index is 12.8. The van der Waals surface area contributed by atoms with Gasteiger partial charge in [0, 0.05) is 24.2 Å². The van der Waals surface area contributed by atoms with Crippen molar-refractivity contribution in [3.63, 3.8) is 0 Å². The zero-order valence-electron chi connectivity index (χ0n) is 19.7. The Morgan fingerprint density at radius 1 is 0.743 bits per heavy atom. The molecule has 176 valence electrons. The highest BCUT2D eigenvalue weighted by atomic mass is 16.5. The summed E-state index contributed by atoms with van der Waals surface area (Å²) >= 11 is 0. The van der Waals surface area contributed by atoms with E-state index in [1.807, 2.05) is 97.1 Å². The van der Waals surface area contributed by atoms with Crippen LogP contribution >= 0.6 is 0 Å². The number of nitrogens with one attached hydrogen (secondary N) is 2. The lowest BCUT2D eigenvalue weighted by Crippen LogP contribution is -2.22. The number of anilines is 1. The maximum Gasteiger partial charge on any atom is 0.251 e. The average molecular weight is 465 g/mol. The van der Waals surface area contributed by atoms with E-state index in [1.54, 1.807) is 13.2 Å². The summed E-state index contributed by atoms with van der Waals surface area (Å²) in [6, 6.07) is 32.7. The third-order valence-electron chi connectivity index (χ3n) is 5.70. The highest BCUT2D eigenvalue weighted by Crippen LogP contribution is 2.23. The number of carbonyl (C=O) groups is 2. The van der Waals surface area contributed by atoms with Gasteiger partial charge in [-0.3, -0.25) is 9.59 Å². The molecule has 0 saturated carbocycles. The van der Waals surface area contributed by atoms with E-state index in [1.165, 1.54) is 0 Å². The number of methoxy groups -OCH3 is 1. The van der Waals surface area contributed by atoms with Gasteiger partial charge in [-0.25, -0.2) is 0 Å². The molecule has 0 aliphatic carbocycles. The Labute approximate surface area is 205 Å². The molecule has 2 N–H and O–H groups in total. The second-order valence-corrected chi connectivity index (χ2v) is 8.23. The van der Waals surface area contributed by atoms with Crippen molar-refractivity contribution in [3.8, 4) is 16.9 Å². The number of hydrogen-bond acceptors (Lipinski definition) is 3. The Bertz CT molecular complexity index is 1280. The topological polar surface area (TPSA) is 67.4 Å². The van der Waals surface area contributed by atoms with E-state index in [0.717, 1.165) is 33.7 Å². The SMILES string of the molecule is COc1ccc(-c2cccc(C(=O)NCc3cccc(NC(=O)CCc4ccccc4)c3)c2)cc1. The Hall–Kier alpha value is -4.38. The fraction of sp³-hybridized carbons (Fsp3) is 0.133. The van der Waals surface area contributed by atoms with Gasteiger partial charge in [0.05, 0.1) is 7.11 Å². The van der Waals surface area contributed by atoms with Gasteiger partial charge in [0.2, 0.25) is 5.91 Å². The number of rotatable bonds is 9. The maximum absolute atomic E-state index is 12.8. The highest BCUT2D eigenvalue weighted by Gasteiger charge is 2.09. The van der Waals surface area contributed by atoms with E-state index in [9.17, 15) is 9.59 Å². The van der Waals surface area contributed by atoms with Crippen molar-refractivity contribution < 1.29 is 14.3 Å². The van der Waals surface area contributed by atoms with E-state index >= 15 is 0 Å². The molecule has 0 aliphatic rings. The normalized spacial score (nSPS) is 10.4. The molecule has 0 heterocycles. The summed E-state index contributed by atoms with van der Waals surface area (Å²) in [7, 11) is 1.63. The monoisotopic (exact) mass is 464 g/mol. The Morgan fingerprint density at radius 2 is 1.49 bits per heavy atom. The molecule has 35 heavy (non-hydrogen) atoms. The molecule has 0 bridgehead atoms. The minimum absolute atomic E-state index is 0.0367. The quantitative estimate of drug-likeness (QED) is 0.326. The first-order valence-electron chi connectivity index (χ1n) is 11.6. The molecule has 4 aromatic rings. The smallest absolute Gasteiger partial charge is 0.251 e. The molecule has 0 fully saturated rings. The third-order valence-corrected chi connectivity index (χ3v) is 5.70. The average Bonchev–Trinajstić information content (AvgIpc) is 2.91. The van der Waals surface area contributed by atoms with Crippen LogP contribution < -0.4 is 15.4 Å². The van der Waals surface area contributed by atoms with E-state index in [-0.39, 0.29) is 11.8 Å². The van der Waals surface area contributed by atoms with Crippen molar-refractivity contribution in [1.29, 1.82) is 0 Å². The van der Waals surface area contributed by atoms with Crippen LogP contribution in [0.2, 0.25) is 0 Å². The fourth-order valence-corrected chi connectivity index (χ4v) is 3.79. The van der Waals surface area contributed by atoms with Crippen molar-refractivity contribution >= 4 is 17.5 Å². The second-order valence-electron chi connectivity index (χ2n) is 8.23. The lowest BCUT2D eigenvalue weighted by atomic mass is 10.0. The molecule has 4 aromatic carbocycles. The van der Waals surface area contributed by atoms with E-state index < -0.39 is 0 Å². The lowest BCUT2D eigenvalue weighted by Gasteiger charge is -2.10. The molecule has 0 atom stereocenters. The van der Waals surface area contributed by atoms with Crippen LogP contribution in [-0.4, -0.2) is 18.9 Å². The van der Waals surface area contributed by atoms with Crippen molar-refractivity contribution in [2.45, 2.75) is 19.4 Å². The standard InChI is InChI=1S/C30H28N2O3/c1-35-28-16-14-24(15-17-28)25-10-6-11-26(20-25)30(34)31-21-23-9-5-12-27(19-23)32-29(33)18-13-22-7-3-2-4-8-22/h2-12,14-17,19-20H,13,18,21H2,1H3,(H,31,34)(H,32,33). The lowest BCUT2D eigenvalue weighted by molar-refractivity contribution is -0.116. The Morgan fingerprint density at radius 3 is 2.26 bits per heavy atom. The van der Waals surface area contributed by atoms with Crippen molar-refractivity contribution in [1.82, 2.24) is 5.32 Å². The summed E-state index contributed by atoms with van der Waals surface area (Å²) in [5.74, 6) is 0.598. The fourth-order valence-electron chi connectivity index (χ4n) is 3.79. The summed E-state index contributed by atoms with van der Waals surface area (Å²) in [5.41, 5.74) is 5.32. The van der Waals surface area contributed by atoms with Gasteiger partial charge >= 0.3 is 0 Å². The first kappa shape index (κ1) is 23.8. The first-order valence-corrected chi connectivity index (χ1v) is 11.6. The van der Waals surface area contributed by atoms with Gasteiger partial charge in [0.1, 0.15) is 5.75 Å². The van der Waals surface area contributed by atoms with Crippen LogP contribution in [0.1, 0.15) is 27.9 Å². The predicted octanol–water partition coefficient (Wildman–Crippen LogP) is 5.86. The van der Waals surface area contributed by atoms with Gasteiger partial charge in [0.25, 0.3) is 5.91 Å². The van der Waals surface area contributed by atoms with Gasteiger partial charge in [-0.05, 0) is 65.1 Å². The largest absolute Gasteiger partial charge is 0.497 e.